The number of hydrogen-bond donors (Lipinski definition) is 0. The summed E-state index contributed by atoms with van der Waals surface area (Å²) < 4.78 is 0.981. The predicted octanol–water partition coefficient (Wildman–Crippen LogP) is 9.15. The quantitative estimate of drug-likeness (QED) is 0.227. The fourth-order valence-corrected chi connectivity index (χ4v) is 4.93. The monoisotopic (exact) mass is 485 g/mol. The van der Waals surface area contributed by atoms with Crippen molar-refractivity contribution in [2.24, 2.45) is 0 Å². The van der Waals surface area contributed by atoms with E-state index in [-0.39, 0.29) is 0 Å². The summed E-state index contributed by atoms with van der Waals surface area (Å²) >= 11 is 3.52. The molecule has 33 heavy (non-hydrogen) atoms. The molecule has 5 aromatic carbocycles. The Hall–Kier alpha value is -3.75. The second-order valence-electron chi connectivity index (χ2n) is 8.15. The molecule has 0 fully saturated rings. The van der Waals surface area contributed by atoms with Crippen LogP contribution in [0, 0.1) is 0 Å². The Kier molecular flexibility index (Phi) is 5.01. The first-order valence-corrected chi connectivity index (χ1v) is 11.8. The highest BCUT2D eigenvalue weighted by atomic mass is 79.9. The number of rotatable bonds is 3. The van der Waals surface area contributed by atoms with Crippen molar-refractivity contribution >= 4 is 37.5 Å². The fourth-order valence-electron chi connectivity index (χ4n) is 4.70. The molecule has 0 N–H and O–H groups in total. The van der Waals surface area contributed by atoms with Gasteiger partial charge in [-0.3, -0.25) is 4.98 Å². The smallest absolute Gasteiger partial charge is 0.0715 e. The molecule has 0 unspecified atom stereocenters. The van der Waals surface area contributed by atoms with Gasteiger partial charge in [0.1, 0.15) is 0 Å². The van der Waals surface area contributed by atoms with E-state index in [9.17, 15) is 0 Å². The van der Waals surface area contributed by atoms with Gasteiger partial charge in [0.15, 0.2) is 0 Å². The normalized spacial score (nSPS) is 11.2. The molecule has 156 valence electrons. The van der Waals surface area contributed by atoms with Crippen molar-refractivity contribution in [1.29, 1.82) is 0 Å². The molecular weight excluding hydrogens is 466 g/mol. The van der Waals surface area contributed by atoms with E-state index in [1.54, 1.807) is 0 Å². The van der Waals surface area contributed by atoms with Gasteiger partial charge < -0.3 is 0 Å². The zero-order valence-electron chi connectivity index (χ0n) is 17.9. The SMILES string of the molecule is Brc1ccc(-c2c3ccccc3c(-c3ccc(-c4ccccc4)cc3)c3ccccc23)nc1. The summed E-state index contributed by atoms with van der Waals surface area (Å²) in [6, 6.07) is 40.9. The summed E-state index contributed by atoms with van der Waals surface area (Å²) in [4.78, 5) is 4.75. The van der Waals surface area contributed by atoms with Gasteiger partial charge in [-0.2, -0.15) is 0 Å². The van der Waals surface area contributed by atoms with Crippen molar-refractivity contribution in [3.8, 4) is 33.5 Å². The molecule has 2 heteroatoms. The molecule has 0 saturated carbocycles. The predicted molar refractivity (Wildman–Crippen MR) is 143 cm³/mol. The number of benzene rings is 5. The number of hydrogen-bond acceptors (Lipinski definition) is 1. The second kappa shape index (κ2) is 8.31. The van der Waals surface area contributed by atoms with E-state index < -0.39 is 0 Å². The van der Waals surface area contributed by atoms with Crippen molar-refractivity contribution in [2.75, 3.05) is 0 Å². The zero-order chi connectivity index (χ0) is 22.2. The Bertz CT molecular complexity index is 1530. The number of halogens is 1. The van der Waals surface area contributed by atoms with Gasteiger partial charge in [-0.15, -0.1) is 0 Å². The summed E-state index contributed by atoms with van der Waals surface area (Å²) in [6.07, 6.45) is 1.87. The maximum Gasteiger partial charge on any atom is 0.0715 e. The molecule has 1 nitrogen and oxygen atoms in total. The Labute approximate surface area is 201 Å². The molecule has 6 aromatic rings. The van der Waals surface area contributed by atoms with Gasteiger partial charge in [0.2, 0.25) is 0 Å². The summed E-state index contributed by atoms with van der Waals surface area (Å²) in [5.41, 5.74) is 7.10. The molecule has 0 aliphatic heterocycles. The van der Waals surface area contributed by atoms with Crippen LogP contribution in [-0.2, 0) is 0 Å². The van der Waals surface area contributed by atoms with Crippen LogP contribution in [0.4, 0.5) is 0 Å². The van der Waals surface area contributed by atoms with Crippen LogP contribution < -0.4 is 0 Å². The summed E-state index contributed by atoms with van der Waals surface area (Å²) in [5, 5.41) is 4.91. The molecule has 0 aliphatic rings. The van der Waals surface area contributed by atoms with Gasteiger partial charge in [0, 0.05) is 16.2 Å². The van der Waals surface area contributed by atoms with Gasteiger partial charge >= 0.3 is 0 Å². The highest BCUT2D eigenvalue weighted by Gasteiger charge is 2.17. The number of aromatic nitrogens is 1. The van der Waals surface area contributed by atoms with Gasteiger partial charge in [0.05, 0.1) is 5.69 Å². The van der Waals surface area contributed by atoms with E-state index in [1.807, 2.05) is 6.20 Å². The average molecular weight is 486 g/mol. The molecule has 0 saturated heterocycles. The summed E-state index contributed by atoms with van der Waals surface area (Å²) in [6.45, 7) is 0. The minimum absolute atomic E-state index is 0.981. The molecule has 0 atom stereocenters. The van der Waals surface area contributed by atoms with Crippen LogP contribution in [0.3, 0.4) is 0 Å². The van der Waals surface area contributed by atoms with Crippen LogP contribution >= 0.6 is 15.9 Å². The lowest BCUT2D eigenvalue weighted by molar-refractivity contribution is 1.32. The third kappa shape index (κ3) is 3.53. The topological polar surface area (TPSA) is 12.9 Å². The van der Waals surface area contributed by atoms with Crippen molar-refractivity contribution in [3.05, 3.63) is 126 Å². The molecular formula is C31H20BrN. The third-order valence-corrected chi connectivity index (χ3v) is 6.66. The van der Waals surface area contributed by atoms with E-state index in [1.165, 1.54) is 49.4 Å². The standard InChI is InChI=1S/C31H20BrN/c32-24-18-19-29(33-20-24)31-27-12-6-4-10-25(27)30(26-11-5-7-13-28(26)31)23-16-14-22(15-17-23)21-8-2-1-3-9-21/h1-20H. The number of fused-ring (bicyclic) bond motifs is 2. The number of pyridine rings is 1. The van der Waals surface area contributed by atoms with Crippen LogP contribution in [0.5, 0.6) is 0 Å². The van der Waals surface area contributed by atoms with Gasteiger partial charge in [0.25, 0.3) is 0 Å². The zero-order valence-corrected chi connectivity index (χ0v) is 19.5. The highest BCUT2D eigenvalue weighted by molar-refractivity contribution is 9.10. The third-order valence-electron chi connectivity index (χ3n) is 6.20. The average Bonchev–Trinajstić information content (AvgIpc) is 2.88. The largest absolute Gasteiger partial charge is 0.255 e. The molecule has 1 heterocycles. The van der Waals surface area contributed by atoms with Crippen LogP contribution in [0.25, 0.3) is 55.1 Å². The van der Waals surface area contributed by atoms with Gasteiger partial charge in [-0.25, -0.2) is 0 Å². The summed E-state index contributed by atoms with van der Waals surface area (Å²) in [7, 11) is 0. The fraction of sp³-hybridized carbons (Fsp3) is 0. The van der Waals surface area contributed by atoms with Crippen LogP contribution in [0.15, 0.2) is 126 Å². The Morgan fingerprint density at radius 3 is 1.45 bits per heavy atom. The Morgan fingerprint density at radius 1 is 0.424 bits per heavy atom. The molecule has 1 aromatic heterocycles. The molecule has 6 rings (SSSR count). The van der Waals surface area contributed by atoms with Gasteiger partial charge in [-0.1, -0.05) is 103 Å². The van der Waals surface area contributed by atoms with E-state index in [2.05, 4.69) is 131 Å². The van der Waals surface area contributed by atoms with Crippen molar-refractivity contribution in [1.82, 2.24) is 4.98 Å². The van der Waals surface area contributed by atoms with Crippen LogP contribution in [0.2, 0.25) is 0 Å². The Morgan fingerprint density at radius 2 is 0.909 bits per heavy atom. The first-order chi connectivity index (χ1) is 16.3. The molecule has 0 bridgehead atoms. The van der Waals surface area contributed by atoms with E-state index in [4.69, 9.17) is 4.98 Å². The minimum atomic E-state index is 0.981. The second-order valence-corrected chi connectivity index (χ2v) is 9.06. The Balaban J connectivity index is 1.64. The maximum atomic E-state index is 4.75. The maximum absolute atomic E-state index is 4.75. The van der Waals surface area contributed by atoms with E-state index >= 15 is 0 Å². The lowest BCUT2D eigenvalue weighted by atomic mass is 9.87. The van der Waals surface area contributed by atoms with Gasteiger partial charge in [-0.05, 0) is 71.9 Å². The minimum Gasteiger partial charge on any atom is -0.255 e. The van der Waals surface area contributed by atoms with E-state index in [0.717, 1.165) is 10.2 Å². The highest BCUT2D eigenvalue weighted by Crippen LogP contribution is 2.43. The van der Waals surface area contributed by atoms with Crippen molar-refractivity contribution in [3.63, 3.8) is 0 Å². The number of nitrogens with zero attached hydrogens (tertiary/aromatic N) is 1. The van der Waals surface area contributed by atoms with Crippen molar-refractivity contribution < 1.29 is 0 Å². The van der Waals surface area contributed by atoms with Crippen LogP contribution in [-0.4, -0.2) is 4.98 Å². The summed E-state index contributed by atoms with van der Waals surface area (Å²) in [5.74, 6) is 0. The lowest BCUT2D eigenvalue weighted by Crippen LogP contribution is -1.92. The molecule has 0 aliphatic carbocycles. The molecule has 0 spiro atoms. The first kappa shape index (κ1) is 19.9. The van der Waals surface area contributed by atoms with Crippen molar-refractivity contribution in [2.45, 2.75) is 0 Å². The molecule has 0 amide bonds. The molecule has 0 radical (unpaired) electrons. The first-order valence-electron chi connectivity index (χ1n) is 11.0. The van der Waals surface area contributed by atoms with E-state index in [0.29, 0.717) is 0 Å². The lowest BCUT2D eigenvalue weighted by Gasteiger charge is -2.17. The van der Waals surface area contributed by atoms with Crippen LogP contribution in [0.1, 0.15) is 0 Å².